The van der Waals surface area contributed by atoms with Gasteiger partial charge in [0.05, 0.1) is 26.8 Å². The molecule has 1 aromatic rings. The molecular formula is C18H30ClN3O3. The summed E-state index contributed by atoms with van der Waals surface area (Å²) in [5, 5.41) is 6.43. The average molecular weight is 372 g/mol. The quantitative estimate of drug-likeness (QED) is 0.799. The van der Waals surface area contributed by atoms with Gasteiger partial charge in [-0.05, 0) is 44.0 Å². The van der Waals surface area contributed by atoms with E-state index in [2.05, 4.69) is 22.5 Å². The molecule has 2 N–H and O–H groups in total. The van der Waals surface area contributed by atoms with E-state index in [4.69, 9.17) is 9.47 Å². The molecule has 1 aliphatic rings. The van der Waals surface area contributed by atoms with Gasteiger partial charge >= 0.3 is 0 Å². The van der Waals surface area contributed by atoms with E-state index in [-0.39, 0.29) is 24.4 Å². The fourth-order valence-corrected chi connectivity index (χ4v) is 3.13. The number of hydrogen-bond donors (Lipinski definition) is 2. The highest BCUT2D eigenvalue weighted by atomic mass is 35.5. The minimum absolute atomic E-state index is 0. The predicted octanol–water partition coefficient (Wildman–Crippen LogP) is 1.90. The van der Waals surface area contributed by atoms with Crippen LogP contribution in [0.3, 0.4) is 0 Å². The monoisotopic (exact) mass is 371 g/mol. The highest BCUT2D eigenvalue weighted by Crippen LogP contribution is 2.32. The molecule has 1 unspecified atom stereocenters. The zero-order valence-corrected chi connectivity index (χ0v) is 16.5. The Morgan fingerprint density at radius 2 is 2.00 bits per heavy atom. The van der Waals surface area contributed by atoms with Crippen LogP contribution in [0.1, 0.15) is 31.0 Å². The summed E-state index contributed by atoms with van der Waals surface area (Å²) < 4.78 is 10.7. The highest BCUT2D eigenvalue weighted by molar-refractivity contribution is 5.85. The first-order chi connectivity index (χ1) is 11.5. The summed E-state index contributed by atoms with van der Waals surface area (Å²) in [4.78, 5) is 14.6. The highest BCUT2D eigenvalue weighted by Gasteiger charge is 2.22. The lowest BCUT2D eigenvalue weighted by Gasteiger charge is -2.33. The van der Waals surface area contributed by atoms with Gasteiger partial charge in [-0.15, -0.1) is 12.4 Å². The third-order valence-corrected chi connectivity index (χ3v) is 4.60. The van der Waals surface area contributed by atoms with E-state index in [1.807, 2.05) is 26.0 Å². The maximum absolute atomic E-state index is 12.4. The van der Waals surface area contributed by atoms with Crippen molar-refractivity contribution in [1.29, 1.82) is 0 Å². The topological polar surface area (TPSA) is 62.8 Å². The molecule has 7 heteroatoms. The molecule has 0 aromatic heterocycles. The summed E-state index contributed by atoms with van der Waals surface area (Å²) in [5.74, 6) is 1.42. The number of nitrogens with zero attached hydrogens (tertiary/aromatic N) is 1. The molecule has 1 heterocycles. The number of piperazine rings is 1. The molecule has 1 amide bonds. The number of halogens is 1. The Hall–Kier alpha value is -1.50. The lowest BCUT2D eigenvalue weighted by molar-refractivity contribution is -0.123. The van der Waals surface area contributed by atoms with Gasteiger partial charge < -0.3 is 20.1 Å². The third-order valence-electron chi connectivity index (χ3n) is 4.60. The zero-order valence-electron chi connectivity index (χ0n) is 15.7. The van der Waals surface area contributed by atoms with Gasteiger partial charge in [-0.1, -0.05) is 0 Å². The molecule has 0 saturated carbocycles. The summed E-state index contributed by atoms with van der Waals surface area (Å²) in [7, 11) is 3.24. The zero-order chi connectivity index (χ0) is 17.7. The molecule has 142 valence electrons. The Morgan fingerprint density at radius 3 is 2.60 bits per heavy atom. The number of carbonyl (C=O) groups is 1. The smallest absolute Gasteiger partial charge is 0.234 e. The van der Waals surface area contributed by atoms with Crippen molar-refractivity contribution in [2.24, 2.45) is 0 Å². The molecule has 1 fully saturated rings. The van der Waals surface area contributed by atoms with Gasteiger partial charge in [0.25, 0.3) is 0 Å². The van der Waals surface area contributed by atoms with Crippen molar-refractivity contribution in [1.82, 2.24) is 15.5 Å². The number of rotatable bonds is 6. The van der Waals surface area contributed by atoms with Crippen molar-refractivity contribution < 1.29 is 14.3 Å². The first-order valence-corrected chi connectivity index (χ1v) is 8.43. The Kier molecular flexibility index (Phi) is 8.48. The van der Waals surface area contributed by atoms with Crippen LogP contribution in [0.4, 0.5) is 0 Å². The van der Waals surface area contributed by atoms with Crippen LogP contribution in [0.15, 0.2) is 12.1 Å². The van der Waals surface area contributed by atoms with Crippen LogP contribution in [-0.4, -0.2) is 57.2 Å². The van der Waals surface area contributed by atoms with Crippen molar-refractivity contribution in [3.63, 3.8) is 0 Å². The Bertz CT molecular complexity index is 583. The van der Waals surface area contributed by atoms with E-state index in [0.717, 1.165) is 30.8 Å². The molecule has 1 saturated heterocycles. The second-order valence-corrected chi connectivity index (χ2v) is 6.38. The minimum atomic E-state index is -0.0875. The van der Waals surface area contributed by atoms with Crippen molar-refractivity contribution in [2.75, 3.05) is 40.4 Å². The molecule has 0 aliphatic carbocycles. The fraction of sp³-hybridized carbons (Fsp3) is 0.611. The van der Waals surface area contributed by atoms with Crippen LogP contribution in [-0.2, 0) is 4.79 Å². The Labute approximate surface area is 156 Å². The normalized spacial score (nSPS) is 18.8. The van der Waals surface area contributed by atoms with Gasteiger partial charge in [-0.25, -0.2) is 0 Å². The third kappa shape index (κ3) is 5.49. The number of hydrogen-bond acceptors (Lipinski definition) is 5. The second kappa shape index (κ2) is 9.85. The number of aryl methyl sites for hydroxylation is 1. The van der Waals surface area contributed by atoms with Crippen LogP contribution < -0.4 is 20.1 Å². The van der Waals surface area contributed by atoms with E-state index in [0.29, 0.717) is 24.1 Å². The van der Waals surface area contributed by atoms with Crippen LogP contribution in [0, 0.1) is 6.92 Å². The van der Waals surface area contributed by atoms with E-state index < -0.39 is 0 Å². The van der Waals surface area contributed by atoms with Crippen molar-refractivity contribution in [3.05, 3.63) is 23.3 Å². The van der Waals surface area contributed by atoms with Crippen molar-refractivity contribution in [2.45, 2.75) is 32.9 Å². The summed E-state index contributed by atoms with van der Waals surface area (Å²) in [6, 6.07) is 4.17. The fourth-order valence-electron chi connectivity index (χ4n) is 3.13. The van der Waals surface area contributed by atoms with E-state index in [9.17, 15) is 4.79 Å². The summed E-state index contributed by atoms with van der Waals surface area (Å²) >= 11 is 0. The number of carbonyl (C=O) groups excluding carboxylic acids is 1. The molecule has 2 atom stereocenters. The van der Waals surface area contributed by atoms with Gasteiger partial charge in [0.1, 0.15) is 0 Å². The van der Waals surface area contributed by atoms with Crippen LogP contribution >= 0.6 is 12.4 Å². The Balaban J connectivity index is 0.00000312. The maximum atomic E-state index is 12.4. The minimum Gasteiger partial charge on any atom is -0.493 e. The predicted molar refractivity (Wildman–Crippen MR) is 102 cm³/mol. The van der Waals surface area contributed by atoms with Crippen molar-refractivity contribution >= 4 is 18.3 Å². The van der Waals surface area contributed by atoms with Gasteiger partial charge in [-0.3, -0.25) is 9.69 Å². The molecule has 6 nitrogen and oxygen atoms in total. The van der Waals surface area contributed by atoms with Crippen LogP contribution in [0.5, 0.6) is 11.5 Å². The molecule has 1 aliphatic heterocycles. The number of nitrogens with one attached hydrogen (secondary N) is 2. The molecule has 0 bridgehead atoms. The summed E-state index contributed by atoms with van der Waals surface area (Å²) in [6.07, 6.45) is 0. The summed E-state index contributed by atoms with van der Waals surface area (Å²) in [6.45, 7) is 9.34. The first kappa shape index (κ1) is 21.5. The largest absolute Gasteiger partial charge is 0.493 e. The van der Waals surface area contributed by atoms with E-state index in [1.165, 1.54) is 0 Å². The maximum Gasteiger partial charge on any atom is 0.234 e. The van der Waals surface area contributed by atoms with Gasteiger partial charge in [0.15, 0.2) is 11.5 Å². The molecule has 1 aromatic carbocycles. The average Bonchev–Trinajstić information content (AvgIpc) is 2.56. The van der Waals surface area contributed by atoms with Crippen LogP contribution in [0.2, 0.25) is 0 Å². The van der Waals surface area contributed by atoms with Crippen LogP contribution in [0.25, 0.3) is 0 Å². The SMILES string of the molecule is COc1cc(C)c(C(C)NC(=O)CN2CCNC[C@@H]2C)cc1OC.Cl. The molecular weight excluding hydrogens is 342 g/mol. The second-order valence-electron chi connectivity index (χ2n) is 6.38. The van der Waals surface area contributed by atoms with Gasteiger partial charge in [0, 0.05) is 25.7 Å². The first-order valence-electron chi connectivity index (χ1n) is 8.43. The van der Waals surface area contributed by atoms with Gasteiger partial charge in [-0.2, -0.15) is 0 Å². The molecule has 2 rings (SSSR count). The lowest BCUT2D eigenvalue weighted by Crippen LogP contribution is -2.52. The molecule has 0 spiro atoms. The standard InChI is InChI=1S/C18H29N3O3.ClH/c1-12-8-16(23-4)17(24-5)9-15(12)14(3)20-18(22)11-21-7-6-19-10-13(21)2;/h8-9,13-14,19H,6-7,10-11H2,1-5H3,(H,20,22);1H/t13-,14?;/m0./s1. The molecule has 0 radical (unpaired) electrons. The number of benzene rings is 1. The number of ether oxygens (including phenoxy) is 2. The number of amides is 1. The van der Waals surface area contributed by atoms with Gasteiger partial charge in [0.2, 0.25) is 5.91 Å². The van der Waals surface area contributed by atoms with E-state index >= 15 is 0 Å². The molecule has 25 heavy (non-hydrogen) atoms. The van der Waals surface area contributed by atoms with E-state index in [1.54, 1.807) is 14.2 Å². The number of methoxy groups -OCH3 is 2. The Morgan fingerprint density at radius 1 is 1.36 bits per heavy atom. The van der Waals surface area contributed by atoms with Crippen molar-refractivity contribution in [3.8, 4) is 11.5 Å². The summed E-state index contributed by atoms with van der Waals surface area (Å²) in [5.41, 5.74) is 2.10. The lowest BCUT2D eigenvalue weighted by atomic mass is 10.0.